The Balaban J connectivity index is 2.79. The van der Waals surface area contributed by atoms with E-state index < -0.39 is 0 Å². The van der Waals surface area contributed by atoms with Gasteiger partial charge in [0.05, 0.1) is 5.56 Å². The SMILES string of the molecule is CC(C)(C)CC(C)(C)NC(=O)c1cccnc1N. The van der Waals surface area contributed by atoms with Crippen LogP contribution in [-0.4, -0.2) is 16.4 Å². The average Bonchev–Trinajstić information content (AvgIpc) is 2.12. The third kappa shape index (κ3) is 4.35. The maximum atomic E-state index is 12.1. The van der Waals surface area contributed by atoms with E-state index in [1.54, 1.807) is 18.3 Å². The third-order valence-corrected chi connectivity index (χ3v) is 2.51. The molecule has 1 amide bonds. The summed E-state index contributed by atoms with van der Waals surface area (Å²) in [4.78, 5) is 16.1. The lowest BCUT2D eigenvalue weighted by atomic mass is 9.81. The Kier molecular flexibility index (Phi) is 3.99. The van der Waals surface area contributed by atoms with Crippen LogP contribution < -0.4 is 11.1 Å². The minimum absolute atomic E-state index is 0.150. The normalized spacial score (nSPS) is 12.3. The summed E-state index contributed by atoms with van der Waals surface area (Å²) >= 11 is 0. The van der Waals surface area contributed by atoms with E-state index in [9.17, 15) is 4.79 Å². The first-order valence-corrected chi connectivity index (χ1v) is 6.14. The number of carbonyl (C=O) groups excluding carboxylic acids is 1. The van der Waals surface area contributed by atoms with Crippen LogP contribution in [0, 0.1) is 5.41 Å². The number of anilines is 1. The highest BCUT2D eigenvalue weighted by Crippen LogP contribution is 2.27. The molecule has 1 heterocycles. The van der Waals surface area contributed by atoms with Crippen LogP contribution in [-0.2, 0) is 0 Å². The molecule has 0 aliphatic rings. The molecule has 0 aliphatic carbocycles. The van der Waals surface area contributed by atoms with Crippen LogP contribution in [0.2, 0.25) is 0 Å². The number of nitrogen functional groups attached to an aromatic ring is 1. The maximum absolute atomic E-state index is 12.1. The zero-order valence-electron chi connectivity index (χ0n) is 11.9. The molecule has 0 aromatic carbocycles. The van der Waals surface area contributed by atoms with Crippen molar-refractivity contribution in [2.24, 2.45) is 5.41 Å². The second-order valence-electron chi connectivity index (χ2n) is 6.51. The number of carbonyl (C=O) groups is 1. The van der Waals surface area contributed by atoms with Crippen molar-refractivity contribution in [3.8, 4) is 0 Å². The molecule has 0 spiro atoms. The first-order valence-electron chi connectivity index (χ1n) is 6.14. The van der Waals surface area contributed by atoms with Crippen LogP contribution >= 0.6 is 0 Å². The zero-order valence-corrected chi connectivity index (χ0v) is 11.9. The summed E-state index contributed by atoms with van der Waals surface area (Å²) < 4.78 is 0. The van der Waals surface area contributed by atoms with Gasteiger partial charge in [-0.25, -0.2) is 4.98 Å². The van der Waals surface area contributed by atoms with E-state index in [0.717, 1.165) is 6.42 Å². The number of aromatic nitrogens is 1. The summed E-state index contributed by atoms with van der Waals surface area (Å²) in [6, 6.07) is 3.40. The molecule has 0 saturated heterocycles. The Morgan fingerprint density at radius 2 is 1.94 bits per heavy atom. The first-order chi connectivity index (χ1) is 8.11. The number of rotatable bonds is 3. The number of hydrogen-bond acceptors (Lipinski definition) is 3. The molecule has 100 valence electrons. The molecule has 1 rings (SSSR count). The molecular formula is C14H23N3O. The van der Waals surface area contributed by atoms with Crippen LogP contribution in [0.4, 0.5) is 5.82 Å². The molecule has 1 aromatic heterocycles. The van der Waals surface area contributed by atoms with Gasteiger partial charge in [-0.2, -0.15) is 0 Å². The van der Waals surface area contributed by atoms with Gasteiger partial charge >= 0.3 is 0 Å². The van der Waals surface area contributed by atoms with Gasteiger partial charge in [-0.05, 0) is 37.8 Å². The van der Waals surface area contributed by atoms with E-state index >= 15 is 0 Å². The molecule has 1 aromatic rings. The van der Waals surface area contributed by atoms with Crippen molar-refractivity contribution >= 4 is 11.7 Å². The zero-order chi connectivity index (χ0) is 14.0. The first kappa shape index (κ1) is 14.5. The number of amides is 1. The van der Waals surface area contributed by atoms with E-state index in [2.05, 4.69) is 31.1 Å². The number of pyridine rings is 1. The molecule has 0 fully saturated rings. The van der Waals surface area contributed by atoms with Crippen LogP contribution in [0.5, 0.6) is 0 Å². The van der Waals surface area contributed by atoms with Crippen LogP contribution in [0.1, 0.15) is 51.4 Å². The van der Waals surface area contributed by atoms with Gasteiger partial charge in [0, 0.05) is 11.7 Å². The standard InChI is InChI=1S/C14H23N3O/c1-13(2,3)9-14(4,5)17-12(18)10-7-6-8-16-11(10)15/h6-8H,9H2,1-5H3,(H2,15,16)(H,17,18). The van der Waals surface area contributed by atoms with Gasteiger partial charge < -0.3 is 11.1 Å². The van der Waals surface area contributed by atoms with Gasteiger partial charge in [-0.15, -0.1) is 0 Å². The van der Waals surface area contributed by atoms with Crippen LogP contribution in [0.25, 0.3) is 0 Å². The van der Waals surface area contributed by atoms with Crippen LogP contribution in [0.15, 0.2) is 18.3 Å². The summed E-state index contributed by atoms with van der Waals surface area (Å²) in [5, 5.41) is 3.01. The highest BCUT2D eigenvalue weighted by molar-refractivity contribution is 5.98. The lowest BCUT2D eigenvalue weighted by Crippen LogP contribution is -2.46. The minimum Gasteiger partial charge on any atom is -0.383 e. The molecule has 0 atom stereocenters. The topological polar surface area (TPSA) is 68.0 Å². The number of nitrogens with two attached hydrogens (primary N) is 1. The molecule has 0 radical (unpaired) electrons. The lowest BCUT2D eigenvalue weighted by molar-refractivity contribution is 0.0892. The van der Waals surface area contributed by atoms with Crippen molar-refractivity contribution in [2.45, 2.75) is 46.6 Å². The molecule has 4 heteroatoms. The third-order valence-electron chi connectivity index (χ3n) is 2.51. The number of hydrogen-bond donors (Lipinski definition) is 2. The summed E-state index contributed by atoms with van der Waals surface area (Å²) in [6.45, 7) is 10.5. The Bertz CT molecular complexity index is 433. The van der Waals surface area contributed by atoms with Gasteiger partial charge in [-0.3, -0.25) is 4.79 Å². The molecular weight excluding hydrogens is 226 g/mol. The highest BCUT2D eigenvalue weighted by atomic mass is 16.1. The quantitative estimate of drug-likeness (QED) is 0.865. The monoisotopic (exact) mass is 249 g/mol. The summed E-state index contributed by atoms with van der Waals surface area (Å²) in [6.07, 6.45) is 2.46. The van der Waals surface area contributed by atoms with E-state index in [-0.39, 0.29) is 22.7 Å². The molecule has 18 heavy (non-hydrogen) atoms. The van der Waals surface area contributed by atoms with Crippen molar-refractivity contribution in [2.75, 3.05) is 5.73 Å². The molecule has 0 saturated carbocycles. The minimum atomic E-state index is -0.280. The Morgan fingerprint density at radius 3 is 2.44 bits per heavy atom. The molecule has 3 N–H and O–H groups in total. The van der Waals surface area contributed by atoms with Crippen molar-refractivity contribution in [1.82, 2.24) is 10.3 Å². The maximum Gasteiger partial charge on any atom is 0.255 e. The van der Waals surface area contributed by atoms with E-state index in [4.69, 9.17) is 5.73 Å². The number of nitrogens with one attached hydrogen (secondary N) is 1. The smallest absolute Gasteiger partial charge is 0.255 e. The van der Waals surface area contributed by atoms with Gasteiger partial charge in [0.25, 0.3) is 5.91 Å². The molecule has 0 unspecified atom stereocenters. The predicted octanol–water partition coefficient (Wildman–Crippen LogP) is 2.61. The van der Waals surface area contributed by atoms with E-state index in [1.807, 2.05) is 13.8 Å². The van der Waals surface area contributed by atoms with Crippen molar-refractivity contribution in [3.63, 3.8) is 0 Å². The van der Waals surface area contributed by atoms with Gasteiger partial charge in [0.15, 0.2) is 0 Å². The van der Waals surface area contributed by atoms with E-state index in [1.165, 1.54) is 0 Å². The molecule has 4 nitrogen and oxygen atoms in total. The predicted molar refractivity (Wildman–Crippen MR) is 74.3 cm³/mol. The van der Waals surface area contributed by atoms with Gasteiger partial charge in [0.2, 0.25) is 0 Å². The molecule has 0 bridgehead atoms. The highest BCUT2D eigenvalue weighted by Gasteiger charge is 2.27. The van der Waals surface area contributed by atoms with E-state index in [0.29, 0.717) is 5.56 Å². The lowest BCUT2D eigenvalue weighted by Gasteiger charge is -2.33. The van der Waals surface area contributed by atoms with Crippen molar-refractivity contribution in [3.05, 3.63) is 23.9 Å². The second-order valence-corrected chi connectivity index (χ2v) is 6.51. The van der Waals surface area contributed by atoms with Crippen molar-refractivity contribution < 1.29 is 4.79 Å². The fourth-order valence-electron chi connectivity index (χ4n) is 2.35. The Hall–Kier alpha value is -1.58. The largest absolute Gasteiger partial charge is 0.383 e. The fraction of sp³-hybridized carbons (Fsp3) is 0.571. The van der Waals surface area contributed by atoms with Crippen LogP contribution in [0.3, 0.4) is 0 Å². The Morgan fingerprint density at radius 1 is 1.33 bits per heavy atom. The van der Waals surface area contributed by atoms with Crippen molar-refractivity contribution in [1.29, 1.82) is 0 Å². The van der Waals surface area contributed by atoms with Gasteiger partial charge in [-0.1, -0.05) is 20.8 Å². The summed E-state index contributed by atoms with van der Waals surface area (Å²) in [7, 11) is 0. The number of nitrogens with zero attached hydrogens (tertiary/aromatic N) is 1. The molecule has 0 aliphatic heterocycles. The van der Waals surface area contributed by atoms with Gasteiger partial charge in [0.1, 0.15) is 5.82 Å². The summed E-state index contributed by atoms with van der Waals surface area (Å²) in [5.41, 5.74) is 6.00. The Labute approximate surface area is 109 Å². The summed E-state index contributed by atoms with van der Waals surface area (Å²) in [5.74, 6) is 0.0939. The fourth-order valence-corrected chi connectivity index (χ4v) is 2.35. The average molecular weight is 249 g/mol. The second kappa shape index (κ2) is 4.96.